The molecule has 3 aromatic rings. The molecular formula is C26H22O4. The van der Waals surface area contributed by atoms with Gasteiger partial charge in [-0.05, 0) is 42.3 Å². The molecule has 0 saturated heterocycles. The Morgan fingerprint density at radius 2 is 1.80 bits per heavy atom. The molecule has 0 aromatic heterocycles. The molecule has 3 aromatic carbocycles. The number of hydrogen-bond acceptors (Lipinski definition) is 4. The molecule has 0 atom stereocenters. The molecular weight excluding hydrogens is 376 g/mol. The maximum atomic E-state index is 12.7. The van der Waals surface area contributed by atoms with E-state index in [1.807, 2.05) is 55.5 Å². The van der Waals surface area contributed by atoms with Crippen molar-refractivity contribution < 1.29 is 19.0 Å². The minimum Gasteiger partial charge on any atom is -0.493 e. The Morgan fingerprint density at radius 1 is 1.00 bits per heavy atom. The summed E-state index contributed by atoms with van der Waals surface area (Å²) in [5.41, 5.74) is 3.44. The van der Waals surface area contributed by atoms with Gasteiger partial charge in [-0.25, -0.2) is 0 Å². The van der Waals surface area contributed by atoms with Crippen molar-refractivity contribution in [3.63, 3.8) is 0 Å². The zero-order valence-corrected chi connectivity index (χ0v) is 16.8. The van der Waals surface area contributed by atoms with E-state index in [1.165, 1.54) is 0 Å². The number of fused-ring (bicyclic) bond motifs is 1. The van der Waals surface area contributed by atoms with Crippen molar-refractivity contribution >= 4 is 17.9 Å². The van der Waals surface area contributed by atoms with E-state index in [-0.39, 0.29) is 11.5 Å². The summed E-state index contributed by atoms with van der Waals surface area (Å²) in [5, 5.41) is 0. The SMILES string of the molecule is C=Cc1ccc(COc2ccc3c(c2)O/C(=C\c2ccccc2OCC)C3=O)cc1. The highest BCUT2D eigenvalue weighted by Crippen LogP contribution is 2.36. The number of carbonyl (C=O) groups excluding carboxylic acids is 1. The van der Waals surface area contributed by atoms with Gasteiger partial charge in [-0.3, -0.25) is 4.79 Å². The molecule has 1 aliphatic heterocycles. The minimum atomic E-state index is -0.150. The molecule has 4 rings (SSSR count). The van der Waals surface area contributed by atoms with Crippen molar-refractivity contribution in [1.29, 1.82) is 0 Å². The van der Waals surface area contributed by atoms with Crippen LogP contribution in [-0.4, -0.2) is 12.4 Å². The third kappa shape index (κ3) is 4.13. The second-order valence-corrected chi connectivity index (χ2v) is 6.80. The van der Waals surface area contributed by atoms with E-state index in [2.05, 4.69) is 6.58 Å². The van der Waals surface area contributed by atoms with E-state index < -0.39 is 0 Å². The van der Waals surface area contributed by atoms with Gasteiger partial charge in [0.05, 0.1) is 12.2 Å². The summed E-state index contributed by atoms with van der Waals surface area (Å²) in [4.78, 5) is 12.7. The predicted molar refractivity (Wildman–Crippen MR) is 118 cm³/mol. The van der Waals surface area contributed by atoms with Crippen LogP contribution in [0.5, 0.6) is 17.2 Å². The largest absolute Gasteiger partial charge is 0.493 e. The van der Waals surface area contributed by atoms with Crippen LogP contribution in [0.4, 0.5) is 0 Å². The number of benzene rings is 3. The molecule has 30 heavy (non-hydrogen) atoms. The van der Waals surface area contributed by atoms with Crippen molar-refractivity contribution in [2.45, 2.75) is 13.5 Å². The molecule has 0 fully saturated rings. The van der Waals surface area contributed by atoms with E-state index in [0.717, 1.165) is 16.7 Å². The van der Waals surface area contributed by atoms with Gasteiger partial charge in [0, 0.05) is 11.6 Å². The van der Waals surface area contributed by atoms with Gasteiger partial charge in [0.2, 0.25) is 5.78 Å². The van der Waals surface area contributed by atoms with Crippen LogP contribution in [0.3, 0.4) is 0 Å². The van der Waals surface area contributed by atoms with Gasteiger partial charge in [0.15, 0.2) is 5.76 Å². The van der Waals surface area contributed by atoms with Gasteiger partial charge in [-0.1, -0.05) is 55.1 Å². The molecule has 0 N–H and O–H groups in total. The number of allylic oxidation sites excluding steroid dienone is 1. The average molecular weight is 398 g/mol. The van der Waals surface area contributed by atoms with E-state index in [0.29, 0.717) is 36.0 Å². The summed E-state index contributed by atoms with van der Waals surface area (Å²) in [7, 11) is 0. The summed E-state index contributed by atoms with van der Waals surface area (Å²) in [6.07, 6.45) is 3.52. The molecule has 0 bridgehead atoms. The first-order valence-electron chi connectivity index (χ1n) is 9.82. The molecule has 0 saturated carbocycles. The average Bonchev–Trinajstić information content (AvgIpc) is 3.09. The predicted octanol–water partition coefficient (Wildman–Crippen LogP) is 5.92. The van der Waals surface area contributed by atoms with Gasteiger partial charge >= 0.3 is 0 Å². The lowest BCUT2D eigenvalue weighted by Gasteiger charge is -2.08. The zero-order valence-electron chi connectivity index (χ0n) is 16.8. The topological polar surface area (TPSA) is 44.8 Å². The van der Waals surface area contributed by atoms with Gasteiger partial charge in [0.25, 0.3) is 0 Å². The van der Waals surface area contributed by atoms with Crippen LogP contribution in [0.25, 0.3) is 12.2 Å². The Kier molecular flexibility index (Phi) is 5.66. The number of rotatable bonds is 7. The van der Waals surface area contributed by atoms with Crippen LogP contribution in [0.2, 0.25) is 0 Å². The van der Waals surface area contributed by atoms with Crippen molar-refractivity contribution in [3.8, 4) is 17.2 Å². The van der Waals surface area contributed by atoms with Crippen LogP contribution in [0.1, 0.15) is 34.0 Å². The van der Waals surface area contributed by atoms with E-state index in [9.17, 15) is 4.79 Å². The Morgan fingerprint density at radius 3 is 2.57 bits per heavy atom. The third-order valence-electron chi connectivity index (χ3n) is 4.77. The fraction of sp³-hybridized carbons (Fsp3) is 0.115. The second kappa shape index (κ2) is 8.70. The molecule has 0 unspecified atom stereocenters. The minimum absolute atomic E-state index is 0.150. The first kappa shape index (κ1) is 19.5. The number of ether oxygens (including phenoxy) is 3. The summed E-state index contributed by atoms with van der Waals surface area (Å²) < 4.78 is 17.3. The molecule has 4 heteroatoms. The molecule has 0 amide bonds. The van der Waals surface area contributed by atoms with Crippen LogP contribution in [-0.2, 0) is 6.61 Å². The van der Waals surface area contributed by atoms with Crippen molar-refractivity contribution in [3.05, 3.63) is 101 Å². The summed E-state index contributed by atoms with van der Waals surface area (Å²) in [6, 6.07) is 20.8. The maximum Gasteiger partial charge on any atom is 0.231 e. The molecule has 4 nitrogen and oxygen atoms in total. The highest BCUT2D eigenvalue weighted by Gasteiger charge is 2.28. The third-order valence-corrected chi connectivity index (χ3v) is 4.77. The normalized spacial score (nSPS) is 13.6. The fourth-order valence-corrected chi connectivity index (χ4v) is 3.20. The number of hydrogen-bond donors (Lipinski definition) is 0. The fourth-order valence-electron chi connectivity index (χ4n) is 3.20. The first-order chi connectivity index (χ1) is 14.7. The van der Waals surface area contributed by atoms with Gasteiger partial charge < -0.3 is 14.2 Å². The van der Waals surface area contributed by atoms with Crippen LogP contribution < -0.4 is 14.2 Å². The van der Waals surface area contributed by atoms with Gasteiger partial charge in [-0.2, -0.15) is 0 Å². The molecule has 1 aliphatic rings. The maximum absolute atomic E-state index is 12.7. The van der Waals surface area contributed by atoms with Crippen molar-refractivity contribution in [2.75, 3.05) is 6.61 Å². The molecule has 1 heterocycles. The molecule has 0 spiro atoms. The van der Waals surface area contributed by atoms with E-state index in [1.54, 1.807) is 30.4 Å². The van der Waals surface area contributed by atoms with Crippen LogP contribution in [0.15, 0.2) is 79.1 Å². The summed E-state index contributed by atoms with van der Waals surface area (Å²) in [6.45, 7) is 6.65. The molecule has 0 radical (unpaired) electrons. The van der Waals surface area contributed by atoms with E-state index >= 15 is 0 Å². The van der Waals surface area contributed by atoms with Crippen LogP contribution >= 0.6 is 0 Å². The first-order valence-corrected chi connectivity index (χ1v) is 9.82. The Balaban J connectivity index is 1.50. The lowest BCUT2D eigenvalue weighted by Crippen LogP contribution is -1.99. The Hall–Kier alpha value is -3.79. The quantitative estimate of drug-likeness (QED) is 0.463. The zero-order chi connectivity index (χ0) is 20.9. The number of carbonyl (C=O) groups is 1. The van der Waals surface area contributed by atoms with Gasteiger partial charge in [0.1, 0.15) is 23.9 Å². The van der Waals surface area contributed by atoms with Gasteiger partial charge in [-0.15, -0.1) is 0 Å². The monoisotopic (exact) mass is 398 g/mol. The Labute approximate surface area is 176 Å². The molecule has 0 aliphatic carbocycles. The number of para-hydroxylation sites is 1. The smallest absolute Gasteiger partial charge is 0.231 e. The van der Waals surface area contributed by atoms with Crippen LogP contribution in [0, 0.1) is 0 Å². The lowest BCUT2D eigenvalue weighted by atomic mass is 10.1. The van der Waals surface area contributed by atoms with E-state index in [4.69, 9.17) is 14.2 Å². The number of Topliss-reactive ketones (excluding diaryl/α,β-unsaturated/α-hetero) is 1. The molecule has 150 valence electrons. The van der Waals surface area contributed by atoms with Crippen molar-refractivity contribution in [1.82, 2.24) is 0 Å². The highest BCUT2D eigenvalue weighted by molar-refractivity contribution is 6.14. The lowest BCUT2D eigenvalue weighted by molar-refractivity contribution is 0.101. The highest BCUT2D eigenvalue weighted by atomic mass is 16.5. The summed E-state index contributed by atoms with van der Waals surface area (Å²) in [5.74, 6) is 1.98. The van der Waals surface area contributed by atoms with Crippen molar-refractivity contribution in [2.24, 2.45) is 0 Å². The summed E-state index contributed by atoms with van der Waals surface area (Å²) >= 11 is 0. The standard InChI is InChI=1S/C26H22O4/c1-3-18-9-11-19(12-10-18)17-29-21-13-14-22-24(16-21)30-25(26(22)27)15-20-7-5-6-8-23(20)28-4-2/h3,5-16H,1,4,17H2,2H3/b25-15-. The number of ketones is 1. The second-order valence-electron chi connectivity index (χ2n) is 6.80. The Bertz CT molecular complexity index is 1110.